The molecule has 2 aromatic rings. The van der Waals surface area contributed by atoms with Crippen molar-refractivity contribution >= 4 is 17.4 Å². The molecule has 0 saturated heterocycles. The highest BCUT2D eigenvalue weighted by Gasteiger charge is 2.77. The molecule has 6 atom stereocenters. The van der Waals surface area contributed by atoms with Crippen LogP contribution in [0.25, 0.3) is 5.57 Å². The molecule has 1 heterocycles. The zero-order valence-electron chi connectivity index (χ0n) is 14.8. The van der Waals surface area contributed by atoms with Gasteiger partial charge in [-0.25, -0.2) is 0 Å². The van der Waals surface area contributed by atoms with Gasteiger partial charge >= 0.3 is 0 Å². The lowest BCUT2D eigenvalue weighted by Crippen LogP contribution is -2.33. The van der Waals surface area contributed by atoms with E-state index in [1.54, 1.807) is 12.1 Å². The summed E-state index contributed by atoms with van der Waals surface area (Å²) in [5.74, 6) is 4.38. The summed E-state index contributed by atoms with van der Waals surface area (Å²) >= 11 is 0. The molecule has 2 aromatic carbocycles. The molecular formula is C24H19NO2. The van der Waals surface area contributed by atoms with Gasteiger partial charge in [0.1, 0.15) is 0 Å². The highest BCUT2D eigenvalue weighted by Crippen LogP contribution is 2.83. The minimum atomic E-state index is -0.127. The van der Waals surface area contributed by atoms with E-state index in [9.17, 15) is 9.59 Å². The molecule has 0 spiro atoms. The summed E-state index contributed by atoms with van der Waals surface area (Å²) in [7, 11) is 0. The Kier molecular flexibility index (Phi) is 2.44. The Morgan fingerprint density at radius 3 is 2.07 bits per heavy atom. The van der Waals surface area contributed by atoms with Crippen molar-refractivity contribution in [1.29, 1.82) is 0 Å². The summed E-state index contributed by atoms with van der Waals surface area (Å²) in [4.78, 5) is 27.3. The summed E-state index contributed by atoms with van der Waals surface area (Å²) in [6.45, 7) is 0.476. The first-order chi connectivity index (χ1) is 13.3. The number of benzene rings is 2. The summed E-state index contributed by atoms with van der Waals surface area (Å²) in [6.07, 6.45) is 1.35. The number of fused-ring (bicyclic) bond motifs is 1. The second-order valence-electron chi connectivity index (χ2n) is 8.82. The minimum Gasteiger partial charge on any atom is -0.270 e. The van der Waals surface area contributed by atoms with Gasteiger partial charge in [0.2, 0.25) is 0 Å². The van der Waals surface area contributed by atoms with Crippen LogP contribution >= 0.6 is 0 Å². The molecule has 4 unspecified atom stereocenters. The summed E-state index contributed by atoms with van der Waals surface area (Å²) in [5, 5.41) is 0. The van der Waals surface area contributed by atoms with E-state index in [1.165, 1.54) is 28.0 Å². The Labute approximate surface area is 157 Å². The van der Waals surface area contributed by atoms with Crippen LogP contribution in [0, 0.1) is 35.5 Å². The maximum atomic E-state index is 12.9. The molecule has 132 valence electrons. The SMILES string of the molecule is O=C1c2ccccc2C(=O)N1CC1=C(c2ccccc2)[C@@H]2C3C4CC2[C@@H]1C43. The Balaban J connectivity index is 1.33. The van der Waals surface area contributed by atoms with Crippen molar-refractivity contribution in [3.63, 3.8) is 0 Å². The largest absolute Gasteiger partial charge is 0.270 e. The van der Waals surface area contributed by atoms with Crippen LogP contribution < -0.4 is 0 Å². The van der Waals surface area contributed by atoms with Crippen LogP contribution in [0.5, 0.6) is 0 Å². The van der Waals surface area contributed by atoms with Crippen LogP contribution in [0.2, 0.25) is 0 Å². The Morgan fingerprint density at radius 1 is 0.778 bits per heavy atom. The van der Waals surface area contributed by atoms with Gasteiger partial charge in [0.15, 0.2) is 0 Å². The number of nitrogens with zero attached hydrogens (tertiary/aromatic N) is 1. The summed E-state index contributed by atoms with van der Waals surface area (Å²) in [5.41, 5.74) is 5.25. The second kappa shape index (κ2) is 4.59. The van der Waals surface area contributed by atoms with Gasteiger partial charge in [0, 0.05) is 0 Å². The van der Waals surface area contributed by atoms with Gasteiger partial charge in [-0.1, -0.05) is 42.5 Å². The molecule has 0 N–H and O–H groups in total. The molecule has 2 amide bonds. The molecule has 0 aromatic heterocycles. The number of carbonyl (C=O) groups is 2. The molecule has 3 nitrogen and oxygen atoms in total. The zero-order chi connectivity index (χ0) is 17.9. The zero-order valence-corrected chi connectivity index (χ0v) is 14.8. The van der Waals surface area contributed by atoms with Crippen molar-refractivity contribution in [1.82, 2.24) is 4.90 Å². The lowest BCUT2D eigenvalue weighted by atomic mass is 9.87. The van der Waals surface area contributed by atoms with E-state index >= 15 is 0 Å². The number of amides is 2. The van der Waals surface area contributed by atoms with Crippen molar-refractivity contribution in [3.8, 4) is 0 Å². The molecule has 27 heavy (non-hydrogen) atoms. The number of allylic oxidation sites excluding steroid dienone is 1. The fourth-order valence-corrected chi connectivity index (χ4v) is 7.19. The average Bonchev–Trinajstić information content (AvgIpc) is 3.10. The molecule has 8 rings (SSSR count). The first kappa shape index (κ1) is 14.4. The Bertz CT molecular complexity index is 1030. The molecule has 5 aliphatic carbocycles. The van der Waals surface area contributed by atoms with Gasteiger partial charge in [-0.05, 0) is 70.8 Å². The maximum Gasteiger partial charge on any atom is 0.261 e. The fourth-order valence-electron chi connectivity index (χ4n) is 7.19. The van der Waals surface area contributed by atoms with Crippen molar-refractivity contribution in [2.45, 2.75) is 6.42 Å². The van der Waals surface area contributed by atoms with Crippen LogP contribution in [0.3, 0.4) is 0 Å². The number of imide groups is 1. The molecule has 4 saturated carbocycles. The predicted molar refractivity (Wildman–Crippen MR) is 101 cm³/mol. The van der Waals surface area contributed by atoms with Gasteiger partial charge < -0.3 is 0 Å². The third-order valence-corrected chi connectivity index (χ3v) is 7.96. The van der Waals surface area contributed by atoms with E-state index in [0.717, 1.165) is 23.7 Å². The van der Waals surface area contributed by atoms with Gasteiger partial charge in [-0.3, -0.25) is 14.5 Å². The van der Waals surface area contributed by atoms with Gasteiger partial charge in [-0.15, -0.1) is 0 Å². The first-order valence-corrected chi connectivity index (χ1v) is 9.99. The number of hydrogen-bond donors (Lipinski definition) is 0. The lowest BCUT2D eigenvalue weighted by Gasteiger charge is -2.24. The number of rotatable bonds is 3. The molecule has 1 aliphatic heterocycles. The van der Waals surface area contributed by atoms with E-state index in [1.807, 2.05) is 12.1 Å². The van der Waals surface area contributed by atoms with Crippen molar-refractivity contribution in [2.24, 2.45) is 35.5 Å². The van der Waals surface area contributed by atoms with E-state index in [0.29, 0.717) is 29.5 Å². The first-order valence-electron chi connectivity index (χ1n) is 9.99. The van der Waals surface area contributed by atoms with Gasteiger partial charge in [0.05, 0.1) is 17.7 Å². The average molecular weight is 353 g/mol. The van der Waals surface area contributed by atoms with Crippen molar-refractivity contribution in [2.75, 3.05) is 6.54 Å². The van der Waals surface area contributed by atoms with Crippen molar-refractivity contribution < 1.29 is 9.59 Å². The third-order valence-electron chi connectivity index (χ3n) is 7.96. The quantitative estimate of drug-likeness (QED) is 0.786. The van der Waals surface area contributed by atoms with E-state index in [-0.39, 0.29) is 11.8 Å². The van der Waals surface area contributed by atoms with Crippen LogP contribution in [0.1, 0.15) is 32.7 Å². The van der Waals surface area contributed by atoms with Gasteiger partial charge in [0.25, 0.3) is 11.8 Å². The number of hydrogen-bond acceptors (Lipinski definition) is 2. The maximum absolute atomic E-state index is 12.9. The molecule has 0 radical (unpaired) electrons. The number of carbonyl (C=O) groups excluding carboxylic acids is 2. The molecule has 6 bridgehead atoms. The van der Waals surface area contributed by atoms with Crippen LogP contribution in [0.4, 0.5) is 0 Å². The third kappa shape index (κ3) is 1.56. The lowest BCUT2D eigenvalue weighted by molar-refractivity contribution is 0.0664. The van der Waals surface area contributed by atoms with Crippen molar-refractivity contribution in [3.05, 3.63) is 76.9 Å². The molecule has 6 aliphatic rings. The van der Waals surface area contributed by atoms with Gasteiger partial charge in [-0.2, -0.15) is 0 Å². The summed E-state index contributed by atoms with van der Waals surface area (Å²) < 4.78 is 0. The van der Waals surface area contributed by atoms with Crippen LogP contribution in [-0.4, -0.2) is 23.3 Å². The van der Waals surface area contributed by atoms with E-state index < -0.39 is 0 Å². The smallest absolute Gasteiger partial charge is 0.261 e. The highest BCUT2D eigenvalue weighted by atomic mass is 16.2. The topological polar surface area (TPSA) is 37.4 Å². The van der Waals surface area contributed by atoms with Crippen LogP contribution in [-0.2, 0) is 0 Å². The Morgan fingerprint density at radius 2 is 1.41 bits per heavy atom. The highest BCUT2D eigenvalue weighted by molar-refractivity contribution is 6.21. The monoisotopic (exact) mass is 353 g/mol. The second-order valence-corrected chi connectivity index (χ2v) is 8.82. The molecule has 4 fully saturated rings. The molecule has 3 heteroatoms. The van der Waals surface area contributed by atoms with E-state index in [2.05, 4.69) is 30.3 Å². The summed E-state index contributed by atoms with van der Waals surface area (Å²) in [6, 6.07) is 17.9. The van der Waals surface area contributed by atoms with Crippen LogP contribution in [0.15, 0.2) is 60.2 Å². The normalized spacial score (nSPS) is 36.8. The van der Waals surface area contributed by atoms with E-state index in [4.69, 9.17) is 0 Å². The minimum absolute atomic E-state index is 0.127. The Hall–Kier alpha value is -2.68. The fraction of sp³-hybridized carbons (Fsp3) is 0.333. The molecular weight excluding hydrogens is 334 g/mol. The predicted octanol–water partition coefficient (Wildman–Crippen LogP) is 3.88. The standard InChI is InChI=1S/C24H19NO2/c26-23-13-8-4-5-9-14(13)24(27)25(23)11-17-18(12-6-2-1-3-7-12)20-15-10-16-21(19(15)17)22(16)20/h1-9,15-16,19-22H,10-11H2/t15?,16?,19-,20+,21?,22?/m0/s1.